The lowest BCUT2D eigenvalue weighted by molar-refractivity contribution is -0.134. The highest BCUT2D eigenvalue weighted by Crippen LogP contribution is 2.61. The second kappa shape index (κ2) is 7.07. The normalized spacial score (nSPS) is 33.4. The van der Waals surface area contributed by atoms with Crippen LogP contribution in [-0.4, -0.2) is 26.3 Å². The number of hydrogen-bond acceptors (Lipinski definition) is 5. The van der Waals surface area contributed by atoms with Crippen molar-refractivity contribution in [3.63, 3.8) is 0 Å². The molecule has 2 saturated carbocycles. The van der Waals surface area contributed by atoms with E-state index in [4.69, 9.17) is 4.18 Å². The Kier molecular flexibility index (Phi) is 4.96. The van der Waals surface area contributed by atoms with Crippen LogP contribution in [0, 0.1) is 17.3 Å². The molecule has 6 nitrogen and oxygen atoms in total. The van der Waals surface area contributed by atoms with Gasteiger partial charge in [0, 0.05) is 12.3 Å². The lowest BCUT2D eigenvalue weighted by Crippen LogP contribution is -2.44. The molecule has 4 rings (SSSR count). The van der Waals surface area contributed by atoms with Crippen LogP contribution in [0.1, 0.15) is 63.0 Å². The Bertz CT molecular complexity index is 962. The van der Waals surface area contributed by atoms with Gasteiger partial charge in [-0.1, -0.05) is 13.0 Å². The molecule has 0 aliphatic heterocycles. The number of ketones is 1. The van der Waals surface area contributed by atoms with Crippen LogP contribution in [0.2, 0.25) is 0 Å². The molecule has 0 spiro atoms. The number of carbonyl (C=O) groups excluding carboxylic acids is 2. The molecule has 1 aromatic carbocycles. The molecular formula is C21H26FNO5S. The van der Waals surface area contributed by atoms with Crippen LogP contribution < -0.4 is 8.91 Å². The number of benzene rings is 1. The Balaban J connectivity index is 1.59. The second-order valence-electron chi connectivity index (χ2n) is 8.59. The van der Waals surface area contributed by atoms with Gasteiger partial charge in [0.05, 0.1) is 0 Å². The number of fused-ring (bicyclic) bond motifs is 5. The molecule has 1 aromatic rings. The zero-order chi connectivity index (χ0) is 21.0. The fourth-order valence-corrected chi connectivity index (χ4v) is 6.86. The molecule has 0 saturated heterocycles. The van der Waals surface area contributed by atoms with Crippen molar-refractivity contribution in [2.45, 2.75) is 64.5 Å². The first-order chi connectivity index (χ1) is 13.7. The summed E-state index contributed by atoms with van der Waals surface area (Å²) in [4.78, 5) is 23.6. The van der Waals surface area contributed by atoms with Gasteiger partial charge in [0.25, 0.3) is 0 Å². The number of hydrogen-bond donors (Lipinski definition) is 1. The summed E-state index contributed by atoms with van der Waals surface area (Å²) in [5, 5.41) is 0. The lowest BCUT2D eigenvalue weighted by Gasteiger charge is -2.49. The minimum absolute atomic E-state index is 0.0815. The lowest BCUT2D eigenvalue weighted by atomic mass is 9.54. The Morgan fingerprint density at radius 3 is 2.79 bits per heavy atom. The van der Waals surface area contributed by atoms with E-state index < -0.39 is 27.8 Å². The largest absolute Gasteiger partial charge is 0.409 e. The molecule has 158 valence electrons. The van der Waals surface area contributed by atoms with Crippen molar-refractivity contribution in [3.8, 4) is 5.75 Å². The molecule has 5 unspecified atom stereocenters. The quantitative estimate of drug-likeness (QED) is 0.803. The fraction of sp³-hybridized carbons (Fsp3) is 0.619. The molecular weight excluding hydrogens is 397 g/mol. The molecule has 0 aromatic heterocycles. The summed E-state index contributed by atoms with van der Waals surface area (Å²) in [6.07, 6.45) is 2.82. The predicted octanol–water partition coefficient (Wildman–Crippen LogP) is 3.21. The summed E-state index contributed by atoms with van der Waals surface area (Å²) in [5.74, 6) is -0.142. The molecule has 3 aliphatic carbocycles. The summed E-state index contributed by atoms with van der Waals surface area (Å²) in [6, 6.07) is 5.19. The number of Topliss-reactive ketones (excluding diaryl/α,β-unsaturated/α-hetero) is 1. The van der Waals surface area contributed by atoms with Gasteiger partial charge in [0.1, 0.15) is 5.75 Å². The van der Waals surface area contributed by atoms with Crippen LogP contribution >= 0.6 is 0 Å². The van der Waals surface area contributed by atoms with E-state index in [0.717, 1.165) is 37.3 Å². The number of carbonyl (C=O) groups is 2. The minimum atomic E-state index is -4.20. The second-order valence-corrected chi connectivity index (χ2v) is 9.87. The highest BCUT2D eigenvalue weighted by atomic mass is 32.2. The van der Waals surface area contributed by atoms with Crippen LogP contribution in [-0.2, 0) is 26.3 Å². The molecule has 29 heavy (non-hydrogen) atoms. The van der Waals surface area contributed by atoms with Gasteiger partial charge >= 0.3 is 10.3 Å². The van der Waals surface area contributed by atoms with Gasteiger partial charge in [0.2, 0.25) is 5.91 Å². The predicted molar refractivity (Wildman–Crippen MR) is 104 cm³/mol. The molecule has 3 aliphatic rings. The van der Waals surface area contributed by atoms with E-state index in [1.54, 1.807) is 16.9 Å². The average Bonchev–Trinajstić information content (AvgIpc) is 2.91. The zero-order valence-corrected chi connectivity index (χ0v) is 17.4. The van der Waals surface area contributed by atoms with Gasteiger partial charge < -0.3 is 4.18 Å². The fourth-order valence-electron chi connectivity index (χ4n) is 6.11. The number of alkyl halides is 1. The molecule has 0 bridgehead atoms. The summed E-state index contributed by atoms with van der Waals surface area (Å²) in [6.45, 7) is 3.10. The van der Waals surface area contributed by atoms with Crippen molar-refractivity contribution in [1.82, 2.24) is 4.72 Å². The van der Waals surface area contributed by atoms with Crippen LogP contribution in [0.15, 0.2) is 18.2 Å². The molecule has 0 radical (unpaired) electrons. The van der Waals surface area contributed by atoms with E-state index in [-0.39, 0.29) is 29.3 Å². The number of halogens is 1. The van der Waals surface area contributed by atoms with Crippen molar-refractivity contribution in [2.75, 3.05) is 0 Å². The number of amides is 1. The summed E-state index contributed by atoms with van der Waals surface area (Å²) >= 11 is 0. The van der Waals surface area contributed by atoms with Gasteiger partial charge in [-0.2, -0.15) is 8.42 Å². The van der Waals surface area contributed by atoms with E-state index in [9.17, 15) is 22.4 Å². The smallest absolute Gasteiger partial charge is 0.367 e. The van der Waals surface area contributed by atoms with E-state index >= 15 is 0 Å². The zero-order valence-electron chi connectivity index (χ0n) is 16.6. The minimum Gasteiger partial charge on any atom is -0.367 e. The molecule has 1 N–H and O–H groups in total. The molecule has 5 atom stereocenters. The van der Waals surface area contributed by atoms with Gasteiger partial charge in [0.15, 0.2) is 12.0 Å². The Morgan fingerprint density at radius 1 is 1.34 bits per heavy atom. The summed E-state index contributed by atoms with van der Waals surface area (Å²) in [7, 11) is -4.20. The van der Waals surface area contributed by atoms with Crippen LogP contribution in [0.3, 0.4) is 0 Å². The first kappa shape index (κ1) is 20.3. The Hall–Kier alpha value is -1.96. The summed E-state index contributed by atoms with van der Waals surface area (Å²) < 4.78 is 44.8. The molecule has 1 amide bonds. The van der Waals surface area contributed by atoms with Crippen LogP contribution in [0.5, 0.6) is 5.75 Å². The van der Waals surface area contributed by atoms with Crippen molar-refractivity contribution in [3.05, 3.63) is 29.3 Å². The maximum atomic E-state index is 14.4. The van der Waals surface area contributed by atoms with Gasteiger partial charge in [-0.15, -0.1) is 0 Å². The van der Waals surface area contributed by atoms with E-state index in [0.29, 0.717) is 19.3 Å². The number of aryl methyl sites for hydroxylation is 1. The van der Waals surface area contributed by atoms with Gasteiger partial charge in [-0.05, 0) is 79.5 Å². The van der Waals surface area contributed by atoms with Crippen molar-refractivity contribution in [1.29, 1.82) is 0 Å². The Morgan fingerprint density at radius 2 is 2.10 bits per heavy atom. The molecule has 8 heteroatoms. The van der Waals surface area contributed by atoms with Crippen LogP contribution in [0.25, 0.3) is 0 Å². The third-order valence-electron chi connectivity index (χ3n) is 7.25. The third kappa shape index (κ3) is 3.35. The first-order valence-corrected chi connectivity index (χ1v) is 11.6. The van der Waals surface area contributed by atoms with Gasteiger partial charge in [-0.3, -0.25) is 9.59 Å². The van der Waals surface area contributed by atoms with Crippen molar-refractivity contribution < 1.29 is 26.6 Å². The van der Waals surface area contributed by atoms with Crippen molar-refractivity contribution >= 4 is 22.0 Å². The maximum Gasteiger partial charge on any atom is 0.409 e. The molecule has 2 fully saturated rings. The number of rotatable bonds is 4. The summed E-state index contributed by atoms with van der Waals surface area (Å²) in [5.41, 5.74) is 1.66. The van der Waals surface area contributed by atoms with E-state index in [1.165, 1.54) is 0 Å². The van der Waals surface area contributed by atoms with E-state index in [1.807, 2.05) is 13.0 Å². The first-order valence-electron chi connectivity index (χ1n) is 10.2. The maximum absolute atomic E-state index is 14.4. The highest BCUT2D eigenvalue weighted by molar-refractivity contribution is 7.85. The third-order valence-corrected chi connectivity index (χ3v) is 8.20. The van der Waals surface area contributed by atoms with Crippen LogP contribution in [0.4, 0.5) is 4.39 Å². The number of nitrogens with one attached hydrogen (secondary N) is 1. The molecule has 0 heterocycles. The average molecular weight is 424 g/mol. The SMILES string of the molecule is CCC12CCC3c4ccc(OS(=O)(=O)NC(C)=O)cc4CCC3C1CC(F)C2=O. The Labute approximate surface area is 170 Å². The van der Waals surface area contributed by atoms with Gasteiger partial charge in [-0.25, -0.2) is 9.11 Å². The highest BCUT2D eigenvalue weighted by Gasteiger charge is 2.59. The van der Waals surface area contributed by atoms with Crippen molar-refractivity contribution in [2.24, 2.45) is 17.3 Å². The standard InChI is InChI=1S/C21H26FNO5S/c1-3-21-9-8-16-15-7-5-14(28-29(26,27)23-12(2)24)10-13(15)4-6-17(16)18(21)11-19(22)20(21)25/h5,7,10,16-19H,3-4,6,8-9,11H2,1-2H3,(H,23,24). The topological polar surface area (TPSA) is 89.5 Å². The van der Waals surface area contributed by atoms with E-state index in [2.05, 4.69) is 0 Å². The monoisotopic (exact) mass is 423 g/mol.